The van der Waals surface area contributed by atoms with Crippen LogP contribution in [0.15, 0.2) is 17.6 Å². The van der Waals surface area contributed by atoms with E-state index in [2.05, 4.69) is 9.97 Å². The summed E-state index contributed by atoms with van der Waals surface area (Å²) in [5.74, 6) is 0. The van der Waals surface area contributed by atoms with Crippen LogP contribution >= 0.6 is 34.5 Å². The van der Waals surface area contributed by atoms with E-state index in [1.165, 1.54) is 11.3 Å². The largest absolute Gasteiger partial charge is 0.325 e. The van der Waals surface area contributed by atoms with Crippen LogP contribution in [0.3, 0.4) is 0 Å². The maximum Gasteiger partial charge on any atom is 0.143 e. The number of hydrogen-bond acceptors (Lipinski definition) is 4. The fourth-order valence-electron chi connectivity index (χ4n) is 1.08. The zero-order valence-electron chi connectivity index (χ0n) is 7.58. The second kappa shape index (κ2) is 4.45. The van der Waals surface area contributed by atoms with E-state index in [-0.39, 0.29) is 0 Å². The maximum absolute atomic E-state index is 6.00. The third kappa shape index (κ3) is 2.29. The van der Waals surface area contributed by atoms with Gasteiger partial charge in [-0.3, -0.25) is 4.98 Å². The van der Waals surface area contributed by atoms with Gasteiger partial charge < -0.3 is 5.73 Å². The van der Waals surface area contributed by atoms with E-state index >= 15 is 0 Å². The van der Waals surface area contributed by atoms with Gasteiger partial charge in [0.1, 0.15) is 10.7 Å². The Morgan fingerprint density at radius 2 is 2.20 bits per heavy atom. The fraction of sp³-hybridized carbons (Fsp3) is 0.111. The summed E-state index contributed by atoms with van der Waals surface area (Å²) in [4.78, 5) is 8.43. The Morgan fingerprint density at radius 1 is 1.40 bits per heavy atom. The van der Waals surface area contributed by atoms with E-state index in [1.807, 2.05) is 5.38 Å². The molecule has 0 aliphatic heterocycles. The highest BCUT2D eigenvalue weighted by molar-refractivity contribution is 7.13. The van der Waals surface area contributed by atoms with Gasteiger partial charge in [-0.25, -0.2) is 4.98 Å². The van der Waals surface area contributed by atoms with Crippen molar-refractivity contribution in [2.45, 2.75) is 6.54 Å². The number of nitrogens with zero attached hydrogens (tertiary/aromatic N) is 2. The molecule has 0 spiro atoms. The smallest absolute Gasteiger partial charge is 0.143 e. The fourth-order valence-corrected chi connectivity index (χ4v) is 2.45. The first kappa shape index (κ1) is 10.8. The standard InChI is InChI=1S/C9H7Cl2N3S/c10-5-1-7(11)8(13-3-5)9-14-6(2-12)4-15-9/h1,3-4H,2,12H2. The number of nitrogens with two attached hydrogens (primary N) is 1. The van der Waals surface area contributed by atoms with E-state index in [0.717, 1.165) is 10.7 Å². The van der Waals surface area contributed by atoms with Crippen LogP contribution in [0.1, 0.15) is 5.69 Å². The first-order valence-electron chi connectivity index (χ1n) is 4.16. The van der Waals surface area contributed by atoms with Gasteiger partial charge in [0.15, 0.2) is 0 Å². The number of aromatic nitrogens is 2. The minimum atomic E-state index is 0.418. The van der Waals surface area contributed by atoms with E-state index in [9.17, 15) is 0 Å². The Morgan fingerprint density at radius 3 is 2.80 bits per heavy atom. The van der Waals surface area contributed by atoms with Crippen LogP contribution in [-0.2, 0) is 6.54 Å². The molecule has 0 aliphatic rings. The summed E-state index contributed by atoms with van der Waals surface area (Å²) in [5, 5.41) is 3.67. The first-order valence-corrected chi connectivity index (χ1v) is 5.80. The molecule has 2 aromatic rings. The van der Waals surface area contributed by atoms with Gasteiger partial charge in [0.25, 0.3) is 0 Å². The minimum Gasteiger partial charge on any atom is -0.325 e. The number of hydrogen-bond donors (Lipinski definition) is 1. The zero-order valence-corrected chi connectivity index (χ0v) is 9.90. The van der Waals surface area contributed by atoms with Crippen LogP contribution in [0.2, 0.25) is 10.0 Å². The third-order valence-corrected chi connectivity index (χ3v) is 3.16. The Bertz CT molecular complexity index is 484. The summed E-state index contributed by atoms with van der Waals surface area (Å²) in [6.45, 7) is 0.418. The number of halogens is 2. The molecule has 3 nitrogen and oxygen atoms in total. The normalized spacial score (nSPS) is 10.6. The van der Waals surface area contributed by atoms with Crippen LogP contribution < -0.4 is 5.73 Å². The van der Waals surface area contributed by atoms with Gasteiger partial charge in [-0.1, -0.05) is 23.2 Å². The molecule has 15 heavy (non-hydrogen) atoms. The van der Waals surface area contributed by atoms with Crippen molar-refractivity contribution in [3.05, 3.63) is 33.4 Å². The van der Waals surface area contributed by atoms with Crippen molar-refractivity contribution in [3.8, 4) is 10.7 Å². The molecule has 0 unspecified atom stereocenters. The Balaban J connectivity index is 2.44. The molecule has 0 saturated carbocycles. The molecule has 0 saturated heterocycles. The number of pyridine rings is 1. The SMILES string of the molecule is NCc1csc(-c2ncc(Cl)cc2Cl)n1. The second-order valence-corrected chi connectivity index (χ2v) is 4.53. The average molecular weight is 260 g/mol. The van der Waals surface area contributed by atoms with Gasteiger partial charge in [0.05, 0.1) is 15.7 Å². The summed E-state index contributed by atoms with van der Waals surface area (Å²) in [7, 11) is 0. The van der Waals surface area contributed by atoms with Gasteiger partial charge in [-0.15, -0.1) is 11.3 Å². The quantitative estimate of drug-likeness (QED) is 0.903. The second-order valence-electron chi connectivity index (χ2n) is 2.83. The highest BCUT2D eigenvalue weighted by atomic mass is 35.5. The predicted octanol–water partition coefficient (Wildman–Crippen LogP) is 2.97. The summed E-state index contributed by atoms with van der Waals surface area (Å²) in [6.07, 6.45) is 1.55. The summed E-state index contributed by atoms with van der Waals surface area (Å²) in [6, 6.07) is 1.65. The molecule has 2 heterocycles. The van der Waals surface area contributed by atoms with Crippen molar-refractivity contribution < 1.29 is 0 Å². The van der Waals surface area contributed by atoms with Crippen LogP contribution in [0, 0.1) is 0 Å². The molecule has 0 atom stereocenters. The Kier molecular flexibility index (Phi) is 3.21. The molecule has 2 aromatic heterocycles. The van der Waals surface area contributed by atoms with Crippen molar-refractivity contribution in [2.24, 2.45) is 5.73 Å². The topological polar surface area (TPSA) is 51.8 Å². The van der Waals surface area contributed by atoms with Gasteiger partial charge in [-0.2, -0.15) is 0 Å². The Hall–Kier alpha value is -0.680. The number of thiazole rings is 1. The molecule has 2 N–H and O–H groups in total. The molecule has 0 radical (unpaired) electrons. The predicted molar refractivity (Wildman–Crippen MR) is 63.3 cm³/mol. The average Bonchev–Trinajstić information content (AvgIpc) is 2.66. The van der Waals surface area contributed by atoms with Gasteiger partial charge in [0, 0.05) is 18.1 Å². The van der Waals surface area contributed by atoms with E-state index in [4.69, 9.17) is 28.9 Å². The summed E-state index contributed by atoms with van der Waals surface area (Å²) >= 11 is 13.2. The first-order chi connectivity index (χ1) is 7.20. The molecule has 0 bridgehead atoms. The highest BCUT2D eigenvalue weighted by Gasteiger charge is 2.09. The summed E-state index contributed by atoms with van der Waals surface area (Å²) < 4.78 is 0. The highest BCUT2D eigenvalue weighted by Crippen LogP contribution is 2.29. The van der Waals surface area contributed by atoms with Gasteiger partial charge >= 0.3 is 0 Å². The lowest BCUT2D eigenvalue weighted by molar-refractivity contribution is 1.01. The lowest BCUT2D eigenvalue weighted by Gasteiger charge is -1.98. The minimum absolute atomic E-state index is 0.418. The van der Waals surface area contributed by atoms with Crippen LogP contribution in [-0.4, -0.2) is 9.97 Å². The van der Waals surface area contributed by atoms with Crippen LogP contribution in [0.4, 0.5) is 0 Å². The maximum atomic E-state index is 6.00. The molecule has 78 valence electrons. The van der Waals surface area contributed by atoms with Crippen molar-refractivity contribution in [1.82, 2.24) is 9.97 Å². The van der Waals surface area contributed by atoms with E-state index < -0.39 is 0 Å². The molecular weight excluding hydrogens is 253 g/mol. The molecule has 0 fully saturated rings. The van der Waals surface area contributed by atoms with Crippen molar-refractivity contribution >= 4 is 34.5 Å². The van der Waals surface area contributed by atoms with Gasteiger partial charge in [0.2, 0.25) is 0 Å². The lowest BCUT2D eigenvalue weighted by Crippen LogP contribution is -1.96. The molecule has 0 aliphatic carbocycles. The molecular formula is C9H7Cl2N3S. The van der Waals surface area contributed by atoms with Crippen molar-refractivity contribution in [3.63, 3.8) is 0 Å². The third-order valence-electron chi connectivity index (χ3n) is 1.77. The van der Waals surface area contributed by atoms with E-state index in [1.54, 1.807) is 12.3 Å². The lowest BCUT2D eigenvalue weighted by atomic mass is 10.3. The van der Waals surface area contributed by atoms with E-state index in [0.29, 0.717) is 22.3 Å². The molecule has 6 heteroatoms. The van der Waals surface area contributed by atoms with Crippen molar-refractivity contribution in [1.29, 1.82) is 0 Å². The molecule has 0 aromatic carbocycles. The molecule has 0 amide bonds. The zero-order chi connectivity index (χ0) is 10.8. The monoisotopic (exact) mass is 259 g/mol. The van der Waals surface area contributed by atoms with Gasteiger partial charge in [-0.05, 0) is 6.07 Å². The molecule has 2 rings (SSSR count). The summed E-state index contributed by atoms with van der Waals surface area (Å²) in [5.41, 5.74) is 6.95. The Labute approximate surface area is 101 Å². The number of rotatable bonds is 2. The van der Waals surface area contributed by atoms with Crippen LogP contribution in [0.5, 0.6) is 0 Å². The van der Waals surface area contributed by atoms with Crippen LogP contribution in [0.25, 0.3) is 10.7 Å². The van der Waals surface area contributed by atoms with Crippen molar-refractivity contribution in [2.75, 3.05) is 0 Å².